The molecule has 0 atom stereocenters. The molecule has 2 aromatic carbocycles. The van der Waals surface area contributed by atoms with Gasteiger partial charge in [0.15, 0.2) is 5.82 Å². The molecule has 184 valence electrons. The van der Waals surface area contributed by atoms with E-state index in [2.05, 4.69) is 15.5 Å². The Morgan fingerprint density at radius 2 is 1.71 bits per heavy atom. The molecule has 3 N–H and O–H groups in total. The maximum atomic E-state index is 14.0. The van der Waals surface area contributed by atoms with E-state index in [0.29, 0.717) is 31.3 Å². The molecule has 0 spiro atoms. The molecule has 0 radical (unpaired) electrons. The number of nitrogens with two attached hydrogens (primary N) is 1. The molecule has 3 aromatic rings. The Kier molecular flexibility index (Phi) is 7.67. The van der Waals surface area contributed by atoms with Crippen LogP contribution in [-0.4, -0.2) is 75.0 Å². The smallest absolute Gasteiger partial charge is 0.238 e. The van der Waals surface area contributed by atoms with Crippen LogP contribution >= 0.6 is 11.8 Å². The number of piperazine rings is 1. The first-order chi connectivity index (χ1) is 16.8. The summed E-state index contributed by atoms with van der Waals surface area (Å²) in [6.45, 7) is 6.51. The molecule has 1 aromatic heterocycles. The summed E-state index contributed by atoms with van der Waals surface area (Å²) in [4.78, 5) is 29.0. The first kappa shape index (κ1) is 24.7. The van der Waals surface area contributed by atoms with Crippen LogP contribution < -0.4 is 11.2 Å². The van der Waals surface area contributed by atoms with Crippen molar-refractivity contribution in [1.29, 1.82) is 0 Å². The van der Waals surface area contributed by atoms with Crippen molar-refractivity contribution in [2.75, 3.05) is 49.6 Å². The highest BCUT2D eigenvalue weighted by molar-refractivity contribution is 7.99. The van der Waals surface area contributed by atoms with Crippen molar-refractivity contribution in [3.8, 4) is 11.4 Å². The van der Waals surface area contributed by atoms with Gasteiger partial charge >= 0.3 is 0 Å². The van der Waals surface area contributed by atoms with Gasteiger partial charge < -0.3 is 16.1 Å². The number of aryl methyl sites for hydroxylation is 2. The number of thioether (sulfide) groups is 1. The van der Waals surface area contributed by atoms with Gasteiger partial charge in [0.25, 0.3) is 0 Å². The van der Waals surface area contributed by atoms with Gasteiger partial charge in [0.1, 0.15) is 5.82 Å². The zero-order valence-electron chi connectivity index (χ0n) is 19.7. The third-order valence-corrected chi connectivity index (χ3v) is 6.87. The number of amides is 2. The molecule has 35 heavy (non-hydrogen) atoms. The van der Waals surface area contributed by atoms with Crippen LogP contribution in [0.1, 0.15) is 11.1 Å². The van der Waals surface area contributed by atoms with Crippen molar-refractivity contribution < 1.29 is 14.0 Å². The molecule has 0 saturated carbocycles. The van der Waals surface area contributed by atoms with Crippen LogP contribution in [0.15, 0.2) is 47.6 Å². The SMILES string of the molecule is Cc1cccc(C)c1NC(=O)CN1CCN(C(=O)CSc2nnc(-c3ccccc3F)n2N)CC1. The Hall–Kier alpha value is -3.44. The summed E-state index contributed by atoms with van der Waals surface area (Å²) in [7, 11) is 0. The lowest BCUT2D eigenvalue weighted by Gasteiger charge is -2.34. The Morgan fingerprint density at radius 1 is 1.03 bits per heavy atom. The van der Waals surface area contributed by atoms with Crippen molar-refractivity contribution in [1.82, 2.24) is 24.7 Å². The molecule has 11 heteroatoms. The summed E-state index contributed by atoms with van der Waals surface area (Å²) in [6.07, 6.45) is 0. The summed E-state index contributed by atoms with van der Waals surface area (Å²) in [5, 5.41) is 11.3. The van der Waals surface area contributed by atoms with Crippen molar-refractivity contribution >= 4 is 29.3 Å². The third-order valence-electron chi connectivity index (χ3n) is 5.94. The number of anilines is 1. The maximum absolute atomic E-state index is 14.0. The quantitative estimate of drug-likeness (QED) is 0.381. The number of para-hydroxylation sites is 1. The number of nitrogen functional groups attached to an aromatic ring is 1. The molecule has 2 amide bonds. The van der Waals surface area contributed by atoms with E-state index in [1.54, 1.807) is 23.1 Å². The number of hydrogen-bond acceptors (Lipinski definition) is 7. The van der Waals surface area contributed by atoms with Gasteiger partial charge in [0, 0.05) is 31.9 Å². The van der Waals surface area contributed by atoms with E-state index in [1.165, 1.54) is 10.7 Å². The Morgan fingerprint density at radius 3 is 2.40 bits per heavy atom. The number of aromatic nitrogens is 3. The van der Waals surface area contributed by atoms with E-state index in [9.17, 15) is 14.0 Å². The van der Waals surface area contributed by atoms with Crippen LogP contribution in [-0.2, 0) is 9.59 Å². The molecular weight excluding hydrogens is 469 g/mol. The van der Waals surface area contributed by atoms with E-state index < -0.39 is 5.82 Å². The number of nitrogens with one attached hydrogen (secondary N) is 1. The number of nitrogens with zero attached hydrogens (tertiary/aromatic N) is 5. The number of carbonyl (C=O) groups is 2. The summed E-state index contributed by atoms with van der Waals surface area (Å²) in [5.41, 5.74) is 3.16. The van der Waals surface area contributed by atoms with Crippen LogP contribution in [0.3, 0.4) is 0 Å². The lowest BCUT2D eigenvalue weighted by Crippen LogP contribution is -2.51. The van der Waals surface area contributed by atoms with Crippen LogP contribution in [0, 0.1) is 19.7 Å². The van der Waals surface area contributed by atoms with Gasteiger partial charge in [0.2, 0.25) is 17.0 Å². The second-order valence-electron chi connectivity index (χ2n) is 8.42. The molecule has 0 unspecified atom stereocenters. The maximum Gasteiger partial charge on any atom is 0.238 e. The minimum absolute atomic E-state index is 0.0509. The van der Waals surface area contributed by atoms with E-state index in [4.69, 9.17) is 5.84 Å². The van der Waals surface area contributed by atoms with Crippen LogP contribution in [0.25, 0.3) is 11.4 Å². The van der Waals surface area contributed by atoms with Crippen molar-refractivity contribution in [2.24, 2.45) is 0 Å². The van der Waals surface area contributed by atoms with Gasteiger partial charge in [0.05, 0.1) is 17.9 Å². The molecule has 4 rings (SSSR count). The molecular formula is C24H28FN7O2S. The Bertz CT molecular complexity index is 1200. The van der Waals surface area contributed by atoms with E-state index in [0.717, 1.165) is 28.6 Å². The summed E-state index contributed by atoms with van der Waals surface area (Å²) in [5.74, 6) is 5.82. The van der Waals surface area contributed by atoms with Crippen LogP contribution in [0.2, 0.25) is 0 Å². The van der Waals surface area contributed by atoms with Gasteiger partial charge in [-0.25, -0.2) is 9.07 Å². The number of benzene rings is 2. The second-order valence-corrected chi connectivity index (χ2v) is 9.36. The molecule has 0 aliphatic carbocycles. The van der Waals surface area contributed by atoms with Crippen molar-refractivity contribution in [2.45, 2.75) is 19.0 Å². The molecule has 0 bridgehead atoms. The minimum atomic E-state index is -0.445. The Balaban J connectivity index is 1.25. The summed E-state index contributed by atoms with van der Waals surface area (Å²) < 4.78 is 15.2. The molecule has 1 saturated heterocycles. The molecule has 1 fully saturated rings. The lowest BCUT2D eigenvalue weighted by atomic mass is 10.1. The van der Waals surface area contributed by atoms with Crippen molar-refractivity contribution in [3.63, 3.8) is 0 Å². The standard InChI is InChI=1S/C24H28FN7O2S/c1-16-6-5-7-17(2)22(16)27-20(33)14-30-10-12-31(13-11-30)21(34)15-35-24-29-28-23(32(24)26)18-8-3-4-9-19(18)25/h3-9H,10-15,26H2,1-2H3,(H,27,33). The number of rotatable bonds is 7. The van der Waals surface area contributed by atoms with Gasteiger partial charge in [-0.3, -0.25) is 14.5 Å². The molecule has 2 heterocycles. The molecule has 1 aliphatic heterocycles. The zero-order chi connectivity index (χ0) is 24.9. The summed E-state index contributed by atoms with van der Waals surface area (Å²) >= 11 is 1.16. The normalized spacial score (nSPS) is 14.2. The number of carbonyl (C=O) groups excluding carboxylic acids is 2. The first-order valence-corrected chi connectivity index (χ1v) is 12.3. The largest absolute Gasteiger partial charge is 0.339 e. The van der Waals surface area contributed by atoms with Gasteiger partial charge in [-0.2, -0.15) is 0 Å². The fourth-order valence-electron chi connectivity index (χ4n) is 3.97. The molecule has 1 aliphatic rings. The highest BCUT2D eigenvalue weighted by Crippen LogP contribution is 2.24. The minimum Gasteiger partial charge on any atom is -0.339 e. The monoisotopic (exact) mass is 497 g/mol. The van der Waals surface area contributed by atoms with Gasteiger partial charge in [-0.15, -0.1) is 10.2 Å². The predicted octanol–water partition coefficient (Wildman–Crippen LogP) is 2.29. The average molecular weight is 498 g/mol. The van der Waals surface area contributed by atoms with E-state index >= 15 is 0 Å². The topological polar surface area (TPSA) is 109 Å². The highest BCUT2D eigenvalue weighted by Gasteiger charge is 2.24. The van der Waals surface area contributed by atoms with Gasteiger partial charge in [-0.05, 0) is 37.1 Å². The van der Waals surface area contributed by atoms with E-state index in [1.807, 2.05) is 36.9 Å². The summed E-state index contributed by atoms with van der Waals surface area (Å²) in [6, 6.07) is 12.1. The molecule has 9 nitrogen and oxygen atoms in total. The van der Waals surface area contributed by atoms with Crippen molar-refractivity contribution in [3.05, 3.63) is 59.4 Å². The van der Waals surface area contributed by atoms with Crippen LogP contribution in [0.4, 0.5) is 10.1 Å². The predicted molar refractivity (Wildman–Crippen MR) is 134 cm³/mol. The highest BCUT2D eigenvalue weighted by atomic mass is 32.2. The number of halogens is 1. The fraction of sp³-hybridized carbons (Fsp3) is 0.333. The third kappa shape index (κ3) is 5.80. The lowest BCUT2D eigenvalue weighted by molar-refractivity contribution is -0.130. The first-order valence-electron chi connectivity index (χ1n) is 11.3. The Labute approximate surface area is 207 Å². The second kappa shape index (κ2) is 10.9. The van der Waals surface area contributed by atoms with Crippen LogP contribution in [0.5, 0.6) is 0 Å². The van der Waals surface area contributed by atoms with E-state index in [-0.39, 0.29) is 35.5 Å². The average Bonchev–Trinajstić information content (AvgIpc) is 3.20. The zero-order valence-corrected chi connectivity index (χ0v) is 20.5. The fourth-order valence-corrected chi connectivity index (χ4v) is 4.73. The van der Waals surface area contributed by atoms with Gasteiger partial charge in [-0.1, -0.05) is 42.1 Å². The number of hydrogen-bond donors (Lipinski definition) is 2.